The summed E-state index contributed by atoms with van der Waals surface area (Å²) in [6.45, 7) is 13.6. The van der Waals surface area contributed by atoms with Gasteiger partial charge in [0.1, 0.15) is 0 Å². The second kappa shape index (κ2) is 3.41. The Morgan fingerprint density at radius 2 is 1.50 bits per heavy atom. The van der Waals surface area contributed by atoms with E-state index in [1.54, 1.807) is 0 Å². The van der Waals surface area contributed by atoms with Gasteiger partial charge in [-0.15, -0.1) is 0 Å². The number of aromatic nitrogens is 2. The summed E-state index contributed by atoms with van der Waals surface area (Å²) < 4.78 is 2.08. The van der Waals surface area contributed by atoms with Crippen molar-refractivity contribution in [3.05, 3.63) is 18.5 Å². The van der Waals surface area contributed by atoms with Gasteiger partial charge in [0.25, 0.3) is 0 Å². The quantitative estimate of drug-likeness (QED) is 0.669. The summed E-state index contributed by atoms with van der Waals surface area (Å²) in [7, 11) is 0. The lowest BCUT2D eigenvalue weighted by Gasteiger charge is -2.40. The molecule has 0 spiro atoms. The molecule has 2 heteroatoms. The Labute approximate surface area is 87.3 Å². The maximum Gasteiger partial charge on any atom is 0.0615 e. The second-order valence-corrected chi connectivity index (χ2v) is 6.12. The first-order valence-electron chi connectivity index (χ1n) is 5.22. The number of rotatable bonds is 1. The Bertz CT molecular complexity index is 258. The van der Waals surface area contributed by atoms with Crippen LogP contribution in [-0.4, -0.2) is 9.78 Å². The molecule has 0 aromatic carbocycles. The highest BCUT2D eigenvalue weighted by Gasteiger charge is 2.36. The lowest BCUT2D eigenvalue weighted by atomic mass is 9.72. The Morgan fingerprint density at radius 1 is 1.00 bits per heavy atom. The van der Waals surface area contributed by atoms with E-state index in [1.807, 2.05) is 12.3 Å². The average Bonchev–Trinajstić information content (AvgIpc) is 2.31. The van der Waals surface area contributed by atoms with Crippen molar-refractivity contribution in [3.63, 3.8) is 0 Å². The SMILES string of the molecule is CC(C)(C)C(n1cccn1)C(C)(C)C. The van der Waals surface area contributed by atoms with Crippen LogP contribution in [0.4, 0.5) is 0 Å². The molecule has 0 N–H and O–H groups in total. The van der Waals surface area contributed by atoms with Gasteiger partial charge in [0.05, 0.1) is 6.04 Å². The first-order chi connectivity index (χ1) is 6.23. The largest absolute Gasteiger partial charge is 0.269 e. The van der Waals surface area contributed by atoms with Crippen LogP contribution in [0.2, 0.25) is 0 Å². The van der Waals surface area contributed by atoms with Crippen LogP contribution in [-0.2, 0) is 0 Å². The topological polar surface area (TPSA) is 17.8 Å². The van der Waals surface area contributed by atoms with Crippen LogP contribution in [0.3, 0.4) is 0 Å². The van der Waals surface area contributed by atoms with Crippen molar-refractivity contribution in [1.29, 1.82) is 0 Å². The summed E-state index contributed by atoms with van der Waals surface area (Å²) in [6, 6.07) is 2.41. The second-order valence-electron chi connectivity index (χ2n) is 6.12. The van der Waals surface area contributed by atoms with Gasteiger partial charge in [-0.05, 0) is 16.9 Å². The first kappa shape index (κ1) is 11.3. The molecule has 1 rings (SSSR count). The molecule has 0 fully saturated rings. The molecule has 0 amide bonds. The molecule has 2 nitrogen and oxygen atoms in total. The minimum Gasteiger partial charge on any atom is -0.269 e. The molecular weight excluding hydrogens is 172 g/mol. The summed E-state index contributed by atoms with van der Waals surface area (Å²) in [5.41, 5.74) is 0.453. The van der Waals surface area contributed by atoms with E-state index in [-0.39, 0.29) is 10.8 Å². The molecule has 0 saturated carbocycles. The van der Waals surface area contributed by atoms with Crippen molar-refractivity contribution in [3.8, 4) is 0 Å². The van der Waals surface area contributed by atoms with E-state index in [4.69, 9.17) is 0 Å². The first-order valence-corrected chi connectivity index (χ1v) is 5.22. The fourth-order valence-corrected chi connectivity index (χ4v) is 2.53. The van der Waals surface area contributed by atoms with Gasteiger partial charge in [0.2, 0.25) is 0 Å². The summed E-state index contributed by atoms with van der Waals surface area (Å²) >= 11 is 0. The highest BCUT2D eigenvalue weighted by Crippen LogP contribution is 2.43. The van der Waals surface area contributed by atoms with Crippen molar-refractivity contribution in [1.82, 2.24) is 9.78 Å². The molecule has 80 valence electrons. The molecule has 0 aliphatic carbocycles. The molecule has 0 bridgehead atoms. The Balaban J connectivity index is 3.08. The monoisotopic (exact) mass is 194 g/mol. The number of hydrogen-bond acceptors (Lipinski definition) is 1. The van der Waals surface area contributed by atoms with Gasteiger partial charge in [0.15, 0.2) is 0 Å². The van der Waals surface area contributed by atoms with Gasteiger partial charge in [-0.2, -0.15) is 5.10 Å². The van der Waals surface area contributed by atoms with E-state index in [0.717, 1.165) is 0 Å². The van der Waals surface area contributed by atoms with Crippen LogP contribution in [0, 0.1) is 10.8 Å². The van der Waals surface area contributed by atoms with Crippen LogP contribution in [0.5, 0.6) is 0 Å². The van der Waals surface area contributed by atoms with Crippen LogP contribution >= 0.6 is 0 Å². The zero-order valence-electron chi connectivity index (χ0n) is 10.2. The van der Waals surface area contributed by atoms with Crippen LogP contribution < -0.4 is 0 Å². The van der Waals surface area contributed by atoms with Gasteiger partial charge in [-0.25, -0.2) is 0 Å². The highest BCUT2D eigenvalue weighted by atomic mass is 15.3. The van der Waals surface area contributed by atoms with E-state index < -0.39 is 0 Å². The van der Waals surface area contributed by atoms with Gasteiger partial charge >= 0.3 is 0 Å². The van der Waals surface area contributed by atoms with Crippen LogP contribution in [0.15, 0.2) is 18.5 Å². The third kappa shape index (κ3) is 2.37. The third-order valence-electron chi connectivity index (χ3n) is 2.43. The van der Waals surface area contributed by atoms with Crippen LogP contribution in [0.1, 0.15) is 47.6 Å². The molecular formula is C12H22N2. The van der Waals surface area contributed by atoms with E-state index in [0.29, 0.717) is 6.04 Å². The van der Waals surface area contributed by atoms with E-state index in [1.165, 1.54) is 0 Å². The fraction of sp³-hybridized carbons (Fsp3) is 0.750. The Hall–Kier alpha value is -0.790. The number of hydrogen-bond donors (Lipinski definition) is 0. The zero-order chi connectivity index (χ0) is 11.0. The summed E-state index contributed by atoms with van der Waals surface area (Å²) in [5, 5.41) is 4.37. The summed E-state index contributed by atoms with van der Waals surface area (Å²) in [5.74, 6) is 0. The van der Waals surface area contributed by atoms with Crippen molar-refractivity contribution in [2.75, 3.05) is 0 Å². The predicted octanol–water partition coefficient (Wildman–Crippen LogP) is 3.52. The van der Waals surface area contributed by atoms with Gasteiger partial charge in [0, 0.05) is 12.4 Å². The molecule has 0 atom stereocenters. The van der Waals surface area contributed by atoms with Gasteiger partial charge in [-0.1, -0.05) is 41.5 Å². The fourth-order valence-electron chi connectivity index (χ4n) is 2.53. The smallest absolute Gasteiger partial charge is 0.0615 e. The molecule has 0 saturated heterocycles. The predicted molar refractivity (Wildman–Crippen MR) is 60.2 cm³/mol. The van der Waals surface area contributed by atoms with Crippen molar-refractivity contribution in [2.45, 2.75) is 47.6 Å². The maximum atomic E-state index is 4.37. The van der Waals surface area contributed by atoms with Gasteiger partial charge in [-0.3, -0.25) is 4.68 Å². The third-order valence-corrected chi connectivity index (χ3v) is 2.43. The van der Waals surface area contributed by atoms with E-state index >= 15 is 0 Å². The molecule has 0 radical (unpaired) electrons. The molecule has 0 aliphatic rings. The number of nitrogens with zero attached hydrogens (tertiary/aromatic N) is 2. The molecule has 1 aromatic heterocycles. The average molecular weight is 194 g/mol. The summed E-state index contributed by atoms with van der Waals surface area (Å²) in [6.07, 6.45) is 3.91. The van der Waals surface area contributed by atoms with Gasteiger partial charge < -0.3 is 0 Å². The lowest BCUT2D eigenvalue weighted by molar-refractivity contribution is 0.0990. The standard InChI is InChI=1S/C12H22N2/c1-11(2,3)10(12(4,5)6)14-9-7-8-13-14/h7-10H,1-6H3. The van der Waals surface area contributed by atoms with Crippen molar-refractivity contribution >= 4 is 0 Å². The normalized spacial score (nSPS) is 13.6. The van der Waals surface area contributed by atoms with E-state index in [2.05, 4.69) is 57.5 Å². The molecule has 14 heavy (non-hydrogen) atoms. The summed E-state index contributed by atoms with van der Waals surface area (Å²) in [4.78, 5) is 0. The zero-order valence-corrected chi connectivity index (χ0v) is 10.2. The molecule has 1 aromatic rings. The van der Waals surface area contributed by atoms with E-state index in [9.17, 15) is 0 Å². The molecule has 1 heterocycles. The molecule has 0 unspecified atom stereocenters. The maximum absolute atomic E-state index is 4.37. The Morgan fingerprint density at radius 3 is 1.79 bits per heavy atom. The minimum atomic E-state index is 0.226. The lowest BCUT2D eigenvalue weighted by Crippen LogP contribution is -2.35. The molecule has 0 aliphatic heterocycles. The highest BCUT2D eigenvalue weighted by molar-refractivity contribution is 4.92. The van der Waals surface area contributed by atoms with Crippen molar-refractivity contribution in [2.24, 2.45) is 10.8 Å². The minimum absolute atomic E-state index is 0.226. The van der Waals surface area contributed by atoms with Crippen LogP contribution in [0.25, 0.3) is 0 Å². The van der Waals surface area contributed by atoms with Crippen molar-refractivity contribution < 1.29 is 0 Å². The Kier molecular flexibility index (Phi) is 2.75.